The lowest BCUT2D eigenvalue weighted by Gasteiger charge is -2.15. The zero-order valence-corrected chi connectivity index (χ0v) is 11.6. The van der Waals surface area contributed by atoms with E-state index in [4.69, 9.17) is 0 Å². The van der Waals surface area contributed by atoms with E-state index in [2.05, 4.69) is 32.6 Å². The zero-order valence-electron chi connectivity index (χ0n) is 11.6. The van der Waals surface area contributed by atoms with Crippen LogP contribution in [0.25, 0.3) is 5.52 Å². The highest BCUT2D eigenvalue weighted by atomic mass is 15.4. The summed E-state index contributed by atoms with van der Waals surface area (Å²) in [5, 5.41) is 16.0. The molecular formula is C13H17N7. The molecule has 1 unspecified atom stereocenters. The van der Waals surface area contributed by atoms with Crippen LogP contribution in [0.3, 0.4) is 0 Å². The van der Waals surface area contributed by atoms with Gasteiger partial charge in [-0.1, -0.05) is 12.1 Å². The lowest BCUT2D eigenvalue weighted by atomic mass is 10.0. The van der Waals surface area contributed by atoms with Crippen LogP contribution in [0.5, 0.6) is 0 Å². The Kier molecular flexibility index (Phi) is 3.42. The summed E-state index contributed by atoms with van der Waals surface area (Å²) in [6, 6.07) is 0.151. The Balaban J connectivity index is 1.93. The number of nitrogens with one attached hydrogen (secondary N) is 1. The van der Waals surface area contributed by atoms with Gasteiger partial charge in [0.05, 0.1) is 23.6 Å². The van der Waals surface area contributed by atoms with E-state index in [1.54, 1.807) is 10.9 Å². The van der Waals surface area contributed by atoms with Gasteiger partial charge in [0, 0.05) is 43.7 Å². The number of fused-ring (bicyclic) bond motifs is 1. The molecule has 0 spiro atoms. The van der Waals surface area contributed by atoms with Crippen LogP contribution in [0.2, 0.25) is 0 Å². The van der Waals surface area contributed by atoms with E-state index >= 15 is 0 Å². The van der Waals surface area contributed by atoms with Crippen molar-refractivity contribution in [3.8, 4) is 0 Å². The lowest BCUT2D eigenvalue weighted by molar-refractivity contribution is 0.546. The maximum atomic E-state index is 4.36. The third-order valence-electron chi connectivity index (χ3n) is 3.24. The summed E-state index contributed by atoms with van der Waals surface area (Å²) in [5.41, 5.74) is 3.11. The SMILES string of the molecule is CCNC(Cc1cn(C)nn1)c1cnn2ccncc12. The molecule has 0 aromatic carbocycles. The van der Waals surface area contributed by atoms with Crippen molar-refractivity contribution in [3.05, 3.63) is 42.2 Å². The minimum atomic E-state index is 0.151. The fraction of sp³-hybridized carbons (Fsp3) is 0.385. The summed E-state index contributed by atoms with van der Waals surface area (Å²) in [6.07, 6.45) is 10.0. The highest BCUT2D eigenvalue weighted by Crippen LogP contribution is 2.21. The van der Waals surface area contributed by atoms with Crippen molar-refractivity contribution in [2.75, 3.05) is 6.54 Å². The topological polar surface area (TPSA) is 72.9 Å². The molecule has 1 N–H and O–H groups in total. The van der Waals surface area contributed by atoms with Gasteiger partial charge in [-0.05, 0) is 6.54 Å². The molecule has 3 heterocycles. The summed E-state index contributed by atoms with van der Waals surface area (Å²) in [5.74, 6) is 0. The van der Waals surface area contributed by atoms with E-state index in [-0.39, 0.29) is 6.04 Å². The summed E-state index contributed by atoms with van der Waals surface area (Å²) in [6.45, 7) is 2.97. The van der Waals surface area contributed by atoms with Gasteiger partial charge < -0.3 is 5.32 Å². The fourth-order valence-electron chi connectivity index (χ4n) is 2.36. The first-order chi connectivity index (χ1) is 9.78. The quantitative estimate of drug-likeness (QED) is 0.741. The first-order valence-electron chi connectivity index (χ1n) is 6.63. The third-order valence-corrected chi connectivity index (χ3v) is 3.24. The van der Waals surface area contributed by atoms with Crippen LogP contribution in [0.4, 0.5) is 0 Å². The van der Waals surface area contributed by atoms with Crippen molar-refractivity contribution in [3.63, 3.8) is 0 Å². The smallest absolute Gasteiger partial charge is 0.0892 e. The van der Waals surface area contributed by atoms with Gasteiger partial charge in [0.25, 0.3) is 0 Å². The van der Waals surface area contributed by atoms with E-state index < -0.39 is 0 Å². The van der Waals surface area contributed by atoms with E-state index in [1.807, 2.05) is 36.4 Å². The Morgan fingerprint density at radius 3 is 3.00 bits per heavy atom. The average Bonchev–Trinajstić information content (AvgIpc) is 3.04. The molecule has 0 aliphatic carbocycles. The molecule has 0 radical (unpaired) electrons. The average molecular weight is 271 g/mol. The van der Waals surface area contributed by atoms with E-state index in [1.165, 1.54) is 0 Å². The summed E-state index contributed by atoms with van der Waals surface area (Å²) < 4.78 is 3.55. The minimum Gasteiger partial charge on any atom is -0.310 e. The molecule has 104 valence electrons. The van der Waals surface area contributed by atoms with Gasteiger partial charge in [-0.25, -0.2) is 4.52 Å². The van der Waals surface area contributed by atoms with Gasteiger partial charge in [0.2, 0.25) is 0 Å². The molecule has 0 aliphatic rings. The first-order valence-corrected chi connectivity index (χ1v) is 6.63. The van der Waals surface area contributed by atoms with Gasteiger partial charge in [-0.15, -0.1) is 5.10 Å². The van der Waals surface area contributed by atoms with Crippen LogP contribution in [0.1, 0.15) is 24.2 Å². The molecule has 3 rings (SSSR count). The molecule has 3 aromatic rings. The molecule has 0 fully saturated rings. The molecular weight excluding hydrogens is 254 g/mol. The molecule has 20 heavy (non-hydrogen) atoms. The molecule has 0 aliphatic heterocycles. The van der Waals surface area contributed by atoms with Crippen LogP contribution in [0.15, 0.2) is 31.0 Å². The molecule has 0 bridgehead atoms. The van der Waals surface area contributed by atoms with Crippen LogP contribution >= 0.6 is 0 Å². The van der Waals surface area contributed by atoms with Crippen molar-refractivity contribution < 1.29 is 0 Å². The van der Waals surface area contributed by atoms with Crippen molar-refractivity contribution in [2.24, 2.45) is 7.05 Å². The highest BCUT2D eigenvalue weighted by Gasteiger charge is 2.17. The maximum Gasteiger partial charge on any atom is 0.0892 e. The monoisotopic (exact) mass is 271 g/mol. The predicted molar refractivity (Wildman–Crippen MR) is 74.1 cm³/mol. The molecule has 7 heteroatoms. The summed E-state index contributed by atoms with van der Waals surface area (Å²) in [4.78, 5) is 4.18. The summed E-state index contributed by atoms with van der Waals surface area (Å²) >= 11 is 0. The van der Waals surface area contributed by atoms with Crippen molar-refractivity contribution in [1.82, 2.24) is 34.9 Å². The number of rotatable bonds is 5. The molecule has 1 atom stereocenters. The largest absolute Gasteiger partial charge is 0.310 e. The third kappa shape index (κ3) is 2.39. The minimum absolute atomic E-state index is 0.151. The zero-order chi connectivity index (χ0) is 13.9. The Labute approximate surface area is 116 Å². The Bertz CT molecular complexity index is 699. The normalized spacial score (nSPS) is 12.9. The predicted octanol–water partition coefficient (Wildman–Crippen LogP) is 0.751. The second-order valence-corrected chi connectivity index (χ2v) is 4.70. The van der Waals surface area contributed by atoms with Gasteiger partial charge in [0.1, 0.15) is 0 Å². The van der Waals surface area contributed by atoms with Crippen LogP contribution in [-0.4, -0.2) is 36.1 Å². The number of hydrogen-bond acceptors (Lipinski definition) is 5. The van der Waals surface area contributed by atoms with Gasteiger partial charge in [-0.3, -0.25) is 9.67 Å². The van der Waals surface area contributed by atoms with Crippen molar-refractivity contribution in [2.45, 2.75) is 19.4 Å². The maximum absolute atomic E-state index is 4.36. The molecule has 7 nitrogen and oxygen atoms in total. The van der Waals surface area contributed by atoms with Crippen molar-refractivity contribution in [1.29, 1.82) is 0 Å². The van der Waals surface area contributed by atoms with Crippen molar-refractivity contribution >= 4 is 5.52 Å². The van der Waals surface area contributed by atoms with Crippen LogP contribution < -0.4 is 5.32 Å². The van der Waals surface area contributed by atoms with Gasteiger partial charge >= 0.3 is 0 Å². The number of aryl methyl sites for hydroxylation is 1. The Morgan fingerprint density at radius 1 is 1.35 bits per heavy atom. The number of hydrogen-bond donors (Lipinski definition) is 1. The van der Waals surface area contributed by atoms with Crippen LogP contribution in [-0.2, 0) is 13.5 Å². The van der Waals surface area contributed by atoms with Gasteiger partial charge in [-0.2, -0.15) is 5.10 Å². The second-order valence-electron chi connectivity index (χ2n) is 4.70. The Morgan fingerprint density at radius 2 is 2.25 bits per heavy atom. The van der Waals surface area contributed by atoms with Crippen LogP contribution in [0, 0.1) is 0 Å². The number of likely N-dealkylation sites (N-methyl/N-ethyl adjacent to an activating group) is 1. The van der Waals surface area contributed by atoms with E-state index in [9.17, 15) is 0 Å². The summed E-state index contributed by atoms with van der Waals surface area (Å²) in [7, 11) is 1.87. The Hall–Kier alpha value is -2.28. The number of nitrogens with zero attached hydrogens (tertiary/aromatic N) is 6. The standard InChI is InChI=1S/C13H17N7/c1-3-15-12(6-10-9-19(2)18-17-10)11-7-16-20-5-4-14-8-13(11)20/h4-5,7-9,12,15H,3,6H2,1-2H3. The van der Waals surface area contributed by atoms with E-state index in [0.29, 0.717) is 0 Å². The molecule has 0 saturated heterocycles. The first kappa shape index (κ1) is 12.7. The second kappa shape index (κ2) is 5.38. The fourth-order valence-corrected chi connectivity index (χ4v) is 2.36. The molecule has 0 saturated carbocycles. The molecule has 3 aromatic heterocycles. The van der Waals surface area contributed by atoms with E-state index in [0.717, 1.165) is 29.7 Å². The van der Waals surface area contributed by atoms with Gasteiger partial charge in [0.15, 0.2) is 0 Å². The molecule has 0 amide bonds. The number of aromatic nitrogens is 6. The highest BCUT2D eigenvalue weighted by molar-refractivity contribution is 5.53. The lowest BCUT2D eigenvalue weighted by Crippen LogP contribution is -2.23.